The fourth-order valence-corrected chi connectivity index (χ4v) is 2.64. The van der Waals surface area contributed by atoms with Crippen molar-refractivity contribution in [2.75, 3.05) is 13.7 Å². The summed E-state index contributed by atoms with van der Waals surface area (Å²) in [7, 11) is 1.82. The first-order valence-corrected chi connectivity index (χ1v) is 6.38. The number of ether oxygens (including phenoxy) is 1. The molecule has 1 aromatic rings. The van der Waals surface area contributed by atoms with E-state index in [0.717, 1.165) is 24.1 Å². The topological polar surface area (TPSA) is 21.3 Å². The standard InChI is InChI=1S/C14H18F3NO/c1-9-7-11(8-19-9)13(18-2)10-3-5-12(6-4-10)14(15,16)17/h3-6,9,11,13,18H,7-8H2,1-2H3. The molecule has 5 heteroatoms. The maximum Gasteiger partial charge on any atom is 0.416 e. The van der Waals surface area contributed by atoms with Crippen LogP contribution in [0.25, 0.3) is 0 Å². The Morgan fingerprint density at radius 3 is 2.32 bits per heavy atom. The lowest BCUT2D eigenvalue weighted by atomic mass is 9.90. The Hall–Kier alpha value is -1.07. The molecule has 0 spiro atoms. The van der Waals surface area contributed by atoms with Gasteiger partial charge in [0, 0.05) is 12.0 Å². The molecule has 2 rings (SSSR count). The summed E-state index contributed by atoms with van der Waals surface area (Å²) < 4.78 is 43.1. The first-order chi connectivity index (χ1) is 8.91. The van der Waals surface area contributed by atoms with Gasteiger partial charge in [0.05, 0.1) is 18.3 Å². The largest absolute Gasteiger partial charge is 0.416 e. The highest BCUT2D eigenvalue weighted by molar-refractivity contribution is 5.27. The van der Waals surface area contributed by atoms with Crippen LogP contribution in [0.15, 0.2) is 24.3 Å². The molecule has 0 aliphatic carbocycles. The van der Waals surface area contributed by atoms with Crippen molar-refractivity contribution in [3.63, 3.8) is 0 Å². The fourth-order valence-electron chi connectivity index (χ4n) is 2.64. The molecule has 1 saturated heterocycles. The lowest BCUT2D eigenvalue weighted by molar-refractivity contribution is -0.137. The first kappa shape index (κ1) is 14.3. The summed E-state index contributed by atoms with van der Waals surface area (Å²) in [6.07, 6.45) is -3.14. The van der Waals surface area contributed by atoms with Crippen LogP contribution in [0.4, 0.5) is 13.2 Å². The molecule has 1 fully saturated rings. The predicted octanol–water partition coefficient (Wildman–Crippen LogP) is 3.39. The SMILES string of the molecule is CNC(c1ccc(C(F)(F)F)cc1)C1COC(C)C1. The molecule has 3 atom stereocenters. The van der Waals surface area contributed by atoms with Crippen molar-refractivity contribution in [3.05, 3.63) is 35.4 Å². The minimum Gasteiger partial charge on any atom is -0.378 e. The second-order valence-electron chi connectivity index (χ2n) is 5.03. The minimum atomic E-state index is -4.28. The van der Waals surface area contributed by atoms with Gasteiger partial charge in [-0.25, -0.2) is 0 Å². The first-order valence-electron chi connectivity index (χ1n) is 6.38. The quantitative estimate of drug-likeness (QED) is 0.911. The van der Waals surface area contributed by atoms with Crippen molar-refractivity contribution in [3.8, 4) is 0 Å². The van der Waals surface area contributed by atoms with Crippen molar-refractivity contribution < 1.29 is 17.9 Å². The van der Waals surface area contributed by atoms with E-state index in [4.69, 9.17) is 4.74 Å². The molecule has 3 unspecified atom stereocenters. The van der Waals surface area contributed by atoms with E-state index in [1.807, 2.05) is 14.0 Å². The Morgan fingerprint density at radius 2 is 1.89 bits per heavy atom. The molecular weight excluding hydrogens is 255 g/mol. The number of hydrogen-bond donors (Lipinski definition) is 1. The van der Waals surface area contributed by atoms with Gasteiger partial charge in [-0.2, -0.15) is 13.2 Å². The van der Waals surface area contributed by atoms with E-state index in [0.29, 0.717) is 12.5 Å². The minimum absolute atomic E-state index is 0.0345. The fraction of sp³-hybridized carbons (Fsp3) is 0.571. The molecule has 1 N–H and O–H groups in total. The molecule has 19 heavy (non-hydrogen) atoms. The van der Waals surface area contributed by atoms with Gasteiger partial charge in [-0.05, 0) is 38.1 Å². The third kappa shape index (κ3) is 3.28. The summed E-state index contributed by atoms with van der Waals surface area (Å²) in [4.78, 5) is 0. The molecule has 0 saturated carbocycles. The van der Waals surface area contributed by atoms with Crippen LogP contribution < -0.4 is 5.32 Å². The third-order valence-electron chi connectivity index (χ3n) is 3.61. The molecule has 2 nitrogen and oxygen atoms in total. The molecule has 1 aliphatic rings. The van der Waals surface area contributed by atoms with E-state index in [9.17, 15) is 13.2 Å². The van der Waals surface area contributed by atoms with E-state index < -0.39 is 11.7 Å². The second-order valence-corrected chi connectivity index (χ2v) is 5.03. The summed E-state index contributed by atoms with van der Waals surface area (Å²) in [5, 5.41) is 3.18. The maximum atomic E-state index is 12.5. The Bertz CT molecular complexity index is 416. The van der Waals surface area contributed by atoms with E-state index in [1.54, 1.807) is 12.1 Å². The van der Waals surface area contributed by atoms with Crippen molar-refractivity contribution >= 4 is 0 Å². The second kappa shape index (κ2) is 5.51. The molecule has 1 aliphatic heterocycles. The lowest BCUT2D eigenvalue weighted by Crippen LogP contribution is -2.25. The van der Waals surface area contributed by atoms with Gasteiger partial charge in [-0.3, -0.25) is 0 Å². The van der Waals surface area contributed by atoms with Gasteiger partial charge >= 0.3 is 6.18 Å². The average Bonchev–Trinajstić information content (AvgIpc) is 2.76. The zero-order chi connectivity index (χ0) is 14.0. The Balaban J connectivity index is 2.15. The number of benzene rings is 1. The van der Waals surface area contributed by atoms with Crippen LogP contribution in [0.2, 0.25) is 0 Å². The van der Waals surface area contributed by atoms with Crippen molar-refractivity contribution in [1.82, 2.24) is 5.32 Å². The van der Waals surface area contributed by atoms with Crippen LogP contribution in [0.1, 0.15) is 30.5 Å². The highest BCUT2D eigenvalue weighted by atomic mass is 19.4. The third-order valence-corrected chi connectivity index (χ3v) is 3.61. The summed E-state index contributed by atoms with van der Waals surface area (Å²) in [6, 6.07) is 5.41. The zero-order valence-corrected chi connectivity index (χ0v) is 11.0. The highest BCUT2D eigenvalue weighted by Gasteiger charge is 2.32. The summed E-state index contributed by atoms with van der Waals surface area (Å²) in [5.41, 5.74) is 0.264. The van der Waals surface area contributed by atoms with Crippen LogP contribution >= 0.6 is 0 Å². The van der Waals surface area contributed by atoms with Gasteiger partial charge in [0.25, 0.3) is 0 Å². The number of halogens is 3. The van der Waals surface area contributed by atoms with Crippen LogP contribution in [0.5, 0.6) is 0 Å². The molecule has 106 valence electrons. The lowest BCUT2D eigenvalue weighted by Gasteiger charge is -2.22. The van der Waals surface area contributed by atoms with Crippen LogP contribution in [-0.4, -0.2) is 19.8 Å². The molecule has 0 bridgehead atoms. The van der Waals surface area contributed by atoms with E-state index in [2.05, 4.69) is 5.32 Å². The summed E-state index contributed by atoms with van der Waals surface area (Å²) in [5.74, 6) is 0.303. The Kier molecular flexibility index (Phi) is 4.16. The monoisotopic (exact) mass is 273 g/mol. The van der Waals surface area contributed by atoms with Gasteiger partial charge < -0.3 is 10.1 Å². The maximum absolute atomic E-state index is 12.5. The molecule has 0 aromatic heterocycles. The van der Waals surface area contributed by atoms with Gasteiger partial charge in [-0.1, -0.05) is 12.1 Å². The van der Waals surface area contributed by atoms with E-state index in [1.165, 1.54) is 0 Å². The molecule has 0 amide bonds. The van der Waals surface area contributed by atoms with E-state index in [-0.39, 0.29) is 12.1 Å². The van der Waals surface area contributed by atoms with Gasteiger partial charge in [0.1, 0.15) is 0 Å². The van der Waals surface area contributed by atoms with Gasteiger partial charge in [0.2, 0.25) is 0 Å². The van der Waals surface area contributed by atoms with Crippen molar-refractivity contribution in [2.24, 2.45) is 5.92 Å². The van der Waals surface area contributed by atoms with Crippen LogP contribution in [0, 0.1) is 5.92 Å². The molecular formula is C14H18F3NO. The van der Waals surface area contributed by atoms with Crippen molar-refractivity contribution in [1.29, 1.82) is 0 Å². The van der Waals surface area contributed by atoms with Crippen molar-refractivity contribution in [2.45, 2.75) is 31.7 Å². The normalized spacial score (nSPS) is 25.5. The zero-order valence-electron chi connectivity index (χ0n) is 11.0. The smallest absolute Gasteiger partial charge is 0.378 e. The molecule has 1 aromatic carbocycles. The molecule has 1 heterocycles. The number of hydrogen-bond acceptors (Lipinski definition) is 2. The number of alkyl halides is 3. The van der Waals surface area contributed by atoms with E-state index >= 15 is 0 Å². The van der Waals surface area contributed by atoms with Crippen LogP contribution in [-0.2, 0) is 10.9 Å². The van der Waals surface area contributed by atoms with Gasteiger partial charge in [0.15, 0.2) is 0 Å². The van der Waals surface area contributed by atoms with Gasteiger partial charge in [-0.15, -0.1) is 0 Å². The number of rotatable bonds is 3. The Labute approximate surface area is 111 Å². The Morgan fingerprint density at radius 1 is 1.26 bits per heavy atom. The number of nitrogens with one attached hydrogen (secondary N) is 1. The molecule has 0 radical (unpaired) electrons. The predicted molar refractivity (Wildman–Crippen MR) is 66.8 cm³/mol. The summed E-state index contributed by atoms with van der Waals surface area (Å²) in [6.45, 7) is 2.66. The van der Waals surface area contributed by atoms with Crippen LogP contribution in [0.3, 0.4) is 0 Å². The average molecular weight is 273 g/mol. The highest BCUT2D eigenvalue weighted by Crippen LogP contribution is 2.34. The summed E-state index contributed by atoms with van der Waals surface area (Å²) >= 11 is 0.